The number of aromatic nitrogens is 6. The molecule has 0 aliphatic heterocycles. The molecule has 4 aromatic heterocycles. The molecule has 0 aliphatic carbocycles. The number of hydrogen-bond donors (Lipinski definition) is 2. The van der Waals surface area contributed by atoms with Crippen molar-refractivity contribution in [2.45, 2.75) is 6.54 Å². The molecule has 8 heteroatoms. The molecule has 0 saturated heterocycles. The van der Waals surface area contributed by atoms with Crippen LogP contribution in [-0.4, -0.2) is 29.5 Å². The van der Waals surface area contributed by atoms with Crippen molar-refractivity contribution in [2.24, 2.45) is 0 Å². The van der Waals surface area contributed by atoms with E-state index >= 15 is 0 Å². The van der Waals surface area contributed by atoms with Crippen molar-refractivity contribution in [1.82, 2.24) is 29.5 Å². The van der Waals surface area contributed by atoms with Crippen LogP contribution in [0.3, 0.4) is 0 Å². The summed E-state index contributed by atoms with van der Waals surface area (Å²) in [6.45, 7) is 0.560. The van der Waals surface area contributed by atoms with Gasteiger partial charge in [-0.1, -0.05) is 48.5 Å². The van der Waals surface area contributed by atoms with Gasteiger partial charge in [-0.15, -0.1) is 0 Å². The fourth-order valence-electron chi connectivity index (χ4n) is 3.87. The van der Waals surface area contributed by atoms with Gasteiger partial charge in [0.2, 0.25) is 5.95 Å². The third-order valence-corrected chi connectivity index (χ3v) is 5.52. The predicted octanol–water partition coefficient (Wildman–Crippen LogP) is 5.11. The van der Waals surface area contributed by atoms with Gasteiger partial charge in [0.1, 0.15) is 12.1 Å². The lowest BCUT2D eigenvalue weighted by atomic mass is 10.1. The Labute approximate surface area is 195 Å². The maximum Gasteiger partial charge on any atom is 0.232 e. The quantitative estimate of drug-likeness (QED) is 0.368. The summed E-state index contributed by atoms with van der Waals surface area (Å²) in [5.41, 5.74) is 3.39. The van der Waals surface area contributed by atoms with Gasteiger partial charge in [-0.2, -0.15) is 9.97 Å². The highest BCUT2D eigenvalue weighted by atomic mass is 15.2. The second-order valence-corrected chi connectivity index (χ2v) is 7.74. The monoisotopic (exact) mass is 444 g/mol. The largest absolute Gasteiger partial charge is 0.364 e. The molecule has 0 aliphatic rings. The third-order valence-electron chi connectivity index (χ3n) is 5.52. The number of hydrogen-bond acceptors (Lipinski definition) is 7. The first-order chi connectivity index (χ1) is 16.8. The summed E-state index contributed by atoms with van der Waals surface area (Å²) in [6.07, 6.45) is 7.13. The van der Waals surface area contributed by atoms with Crippen molar-refractivity contribution in [1.29, 1.82) is 0 Å². The fourth-order valence-corrected chi connectivity index (χ4v) is 3.87. The van der Waals surface area contributed by atoms with Crippen molar-refractivity contribution in [2.75, 3.05) is 10.6 Å². The Kier molecular flexibility index (Phi) is 5.00. The average Bonchev–Trinajstić information content (AvgIpc) is 3.33. The minimum absolute atomic E-state index is 0.433. The Morgan fingerprint density at radius 2 is 1.65 bits per heavy atom. The van der Waals surface area contributed by atoms with Crippen LogP contribution in [0.25, 0.3) is 27.6 Å². The molecule has 6 rings (SSSR count). The number of anilines is 3. The Balaban J connectivity index is 1.45. The van der Waals surface area contributed by atoms with Crippen LogP contribution >= 0.6 is 0 Å². The smallest absolute Gasteiger partial charge is 0.232 e. The zero-order valence-corrected chi connectivity index (χ0v) is 18.1. The fraction of sp³-hybridized carbons (Fsp3) is 0.0385. The average molecular weight is 445 g/mol. The van der Waals surface area contributed by atoms with Crippen LogP contribution in [-0.2, 0) is 6.54 Å². The molecule has 2 N–H and O–H groups in total. The number of rotatable bonds is 6. The maximum atomic E-state index is 4.82. The van der Waals surface area contributed by atoms with Crippen molar-refractivity contribution < 1.29 is 0 Å². The van der Waals surface area contributed by atoms with Crippen LogP contribution < -0.4 is 10.6 Å². The number of para-hydroxylation sites is 1. The van der Waals surface area contributed by atoms with Crippen LogP contribution in [0, 0.1) is 0 Å². The molecule has 0 amide bonds. The third kappa shape index (κ3) is 3.77. The Morgan fingerprint density at radius 1 is 0.765 bits per heavy atom. The molecule has 4 heterocycles. The first-order valence-electron chi connectivity index (χ1n) is 10.9. The topological polar surface area (TPSA) is 93.4 Å². The van der Waals surface area contributed by atoms with Crippen LogP contribution in [0.5, 0.6) is 0 Å². The Hall–Kier alpha value is -4.85. The summed E-state index contributed by atoms with van der Waals surface area (Å²) in [6, 6.07) is 24.0. The summed E-state index contributed by atoms with van der Waals surface area (Å²) in [4.78, 5) is 22.9. The first-order valence-corrected chi connectivity index (χ1v) is 10.9. The molecule has 0 spiro atoms. The number of benzene rings is 2. The number of nitrogens with one attached hydrogen (secondary N) is 2. The molecule has 0 fully saturated rings. The van der Waals surface area contributed by atoms with Crippen LogP contribution in [0.1, 0.15) is 5.56 Å². The number of nitrogens with zero attached hydrogens (tertiary/aromatic N) is 6. The van der Waals surface area contributed by atoms with E-state index in [1.807, 2.05) is 77.5 Å². The zero-order chi connectivity index (χ0) is 22.7. The minimum atomic E-state index is 0.433. The lowest BCUT2D eigenvalue weighted by Crippen LogP contribution is -2.07. The van der Waals surface area contributed by atoms with E-state index in [2.05, 4.69) is 31.7 Å². The molecule has 0 bridgehead atoms. The molecule has 2 aromatic carbocycles. The minimum Gasteiger partial charge on any atom is -0.364 e. The van der Waals surface area contributed by atoms with E-state index in [9.17, 15) is 0 Å². The van der Waals surface area contributed by atoms with Gasteiger partial charge in [-0.05, 0) is 35.2 Å². The van der Waals surface area contributed by atoms with Crippen LogP contribution in [0.2, 0.25) is 0 Å². The van der Waals surface area contributed by atoms with Crippen molar-refractivity contribution in [3.8, 4) is 5.69 Å². The van der Waals surface area contributed by atoms with E-state index in [4.69, 9.17) is 9.97 Å². The Bertz CT molecular complexity index is 1570. The van der Waals surface area contributed by atoms with E-state index in [-0.39, 0.29) is 0 Å². The second-order valence-electron chi connectivity index (χ2n) is 7.74. The lowest BCUT2D eigenvalue weighted by Gasteiger charge is -2.12. The van der Waals surface area contributed by atoms with Gasteiger partial charge >= 0.3 is 0 Å². The standard InChI is InChI=1S/C26H20N8/c1-2-9-20(10-3-1)34-17-30-22-24(29-16-18-7-6-13-27-15-18)32-26(33-25(22)34)31-23-21-11-5-4-8-19(21)12-14-28-23/h1-15,17H,16H2,(H2,28,29,31,32,33). The van der Waals surface area contributed by atoms with E-state index in [1.54, 1.807) is 18.7 Å². The normalized spacial score (nSPS) is 11.1. The molecular weight excluding hydrogens is 424 g/mol. The summed E-state index contributed by atoms with van der Waals surface area (Å²) in [7, 11) is 0. The second kappa shape index (κ2) is 8.59. The molecule has 34 heavy (non-hydrogen) atoms. The zero-order valence-electron chi connectivity index (χ0n) is 18.1. The van der Waals surface area contributed by atoms with Crippen molar-refractivity contribution in [3.05, 3.63) is 103 Å². The maximum absolute atomic E-state index is 4.82. The number of pyridine rings is 2. The molecule has 0 unspecified atom stereocenters. The lowest BCUT2D eigenvalue weighted by molar-refractivity contribution is 1.05. The molecule has 164 valence electrons. The SMILES string of the molecule is c1ccc(-n2cnc3c(NCc4cccnc4)nc(Nc4nccc5ccccc45)nc32)cc1. The van der Waals surface area contributed by atoms with E-state index in [0.29, 0.717) is 35.3 Å². The van der Waals surface area contributed by atoms with Gasteiger partial charge in [0, 0.05) is 36.2 Å². The predicted molar refractivity (Wildman–Crippen MR) is 133 cm³/mol. The summed E-state index contributed by atoms with van der Waals surface area (Å²) in [5.74, 6) is 1.76. The van der Waals surface area contributed by atoms with E-state index in [0.717, 1.165) is 22.0 Å². The summed E-state index contributed by atoms with van der Waals surface area (Å²) in [5, 5.41) is 8.81. The van der Waals surface area contributed by atoms with Crippen LogP contribution in [0.15, 0.2) is 97.7 Å². The first kappa shape index (κ1) is 19.8. The van der Waals surface area contributed by atoms with Gasteiger partial charge in [0.05, 0.1) is 0 Å². The van der Waals surface area contributed by atoms with Gasteiger partial charge in [-0.25, -0.2) is 9.97 Å². The summed E-state index contributed by atoms with van der Waals surface area (Å²) < 4.78 is 1.95. The van der Waals surface area contributed by atoms with Gasteiger partial charge in [0.25, 0.3) is 0 Å². The molecule has 6 aromatic rings. The molecule has 0 atom stereocenters. The van der Waals surface area contributed by atoms with E-state index in [1.165, 1.54) is 0 Å². The number of fused-ring (bicyclic) bond motifs is 2. The van der Waals surface area contributed by atoms with Gasteiger partial charge in [0.15, 0.2) is 17.0 Å². The van der Waals surface area contributed by atoms with Gasteiger partial charge < -0.3 is 10.6 Å². The summed E-state index contributed by atoms with van der Waals surface area (Å²) >= 11 is 0. The van der Waals surface area contributed by atoms with Crippen molar-refractivity contribution >= 4 is 39.5 Å². The molecular formula is C26H20N8. The Morgan fingerprint density at radius 3 is 2.53 bits per heavy atom. The van der Waals surface area contributed by atoms with Gasteiger partial charge in [-0.3, -0.25) is 9.55 Å². The highest BCUT2D eigenvalue weighted by molar-refractivity contribution is 5.93. The van der Waals surface area contributed by atoms with Crippen LogP contribution in [0.4, 0.5) is 17.6 Å². The molecule has 0 radical (unpaired) electrons. The number of imidazole rings is 1. The highest BCUT2D eigenvalue weighted by Gasteiger charge is 2.15. The van der Waals surface area contributed by atoms with Crippen molar-refractivity contribution in [3.63, 3.8) is 0 Å². The molecule has 8 nitrogen and oxygen atoms in total. The highest BCUT2D eigenvalue weighted by Crippen LogP contribution is 2.27. The molecule has 0 saturated carbocycles. The van der Waals surface area contributed by atoms with E-state index < -0.39 is 0 Å².